The van der Waals surface area contributed by atoms with Gasteiger partial charge in [0.2, 0.25) is 5.91 Å². The minimum absolute atomic E-state index is 0.110. The van der Waals surface area contributed by atoms with Gasteiger partial charge in [0, 0.05) is 37.0 Å². The van der Waals surface area contributed by atoms with Crippen LogP contribution in [-0.2, 0) is 14.4 Å². The van der Waals surface area contributed by atoms with E-state index in [-0.39, 0.29) is 5.54 Å². The maximum atomic E-state index is 12.4. The fraction of sp³-hybridized carbons (Fsp3) is 0.593. The largest absolute Gasteiger partial charge is 0.478 e. The highest BCUT2D eigenvalue weighted by atomic mass is 16.4. The highest BCUT2D eigenvalue weighted by Crippen LogP contribution is 2.49. The first kappa shape index (κ1) is 24.5. The lowest BCUT2D eigenvalue weighted by molar-refractivity contribution is -0.134. The Kier molecular flexibility index (Phi) is 7.71. The summed E-state index contributed by atoms with van der Waals surface area (Å²) in [5.41, 5.74) is 1.21. The van der Waals surface area contributed by atoms with E-state index in [1.54, 1.807) is 0 Å². The summed E-state index contributed by atoms with van der Waals surface area (Å²) >= 11 is 0. The number of benzene rings is 1. The summed E-state index contributed by atoms with van der Waals surface area (Å²) in [7, 11) is 0. The Labute approximate surface area is 201 Å². The van der Waals surface area contributed by atoms with Gasteiger partial charge in [0.15, 0.2) is 0 Å². The third-order valence-corrected chi connectivity index (χ3v) is 8.29. The minimum atomic E-state index is -1.26. The van der Waals surface area contributed by atoms with Crippen LogP contribution in [0.2, 0.25) is 0 Å². The zero-order valence-corrected chi connectivity index (χ0v) is 19.8. The molecule has 7 heteroatoms. The molecule has 2 saturated heterocycles. The lowest BCUT2D eigenvalue weighted by atomic mass is 9.62. The third-order valence-electron chi connectivity index (χ3n) is 8.29. The summed E-state index contributed by atoms with van der Waals surface area (Å²) in [6.45, 7) is 2.37. The third kappa shape index (κ3) is 5.35. The lowest BCUT2D eigenvalue weighted by Gasteiger charge is -2.59. The number of likely N-dealkylation sites (tertiary alicyclic amines) is 1. The number of carbonyl (C=O) groups excluding carboxylic acids is 1. The predicted octanol–water partition coefficient (Wildman–Crippen LogP) is 4.33. The van der Waals surface area contributed by atoms with Crippen LogP contribution < -0.4 is 4.90 Å². The van der Waals surface area contributed by atoms with E-state index >= 15 is 0 Å². The summed E-state index contributed by atoms with van der Waals surface area (Å²) in [4.78, 5) is 36.4. The van der Waals surface area contributed by atoms with Crippen LogP contribution in [0.5, 0.6) is 0 Å². The number of amides is 1. The van der Waals surface area contributed by atoms with Gasteiger partial charge >= 0.3 is 11.9 Å². The summed E-state index contributed by atoms with van der Waals surface area (Å²) in [5, 5.41) is 15.6. The Morgan fingerprint density at radius 3 is 2.12 bits per heavy atom. The number of hydrogen-bond acceptors (Lipinski definition) is 4. The monoisotopic (exact) mass is 468 g/mol. The molecule has 1 aromatic rings. The van der Waals surface area contributed by atoms with Crippen molar-refractivity contribution in [3.8, 4) is 0 Å². The molecule has 2 aliphatic carbocycles. The molecular weight excluding hydrogens is 432 g/mol. The van der Waals surface area contributed by atoms with Gasteiger partial charge in [-0.3, -0.25) is 9.69 Å². The van der Waals surface area contributed by atoms with Crippen LogP contribution in [0, 0.1) is 11.8 Å². The van der Waals surface area contributed by atoms with Gasteiger partial charge in [-0.25, -0.2) is 9.59 Å². The Morgan fingerprint density at radius 1 is 0.912 bits per heavy atom. The van der Waals surface area contributed by atoms with Crippen molar-refractivity contribution in [2.45, 2.75) is 75.8 Å². The van der Waals surface area contributed by atoms with Crippen molar-refractivity contribution in [3.63, 3.8) is 0 Å². The molecule has 7 nitrogen and oxygen atoms in total. The molecule has 1 spiro atoms. The van der Waals surface area contributed by atoms with Crippen LogP contribution in [0.4, 0.5) is 5.69 Å². The molecule has 4 aliphatic rings. The van der Waals surface area contributed by atoms with E-state index < -0.39 is 11.9 Å². The number of aliphatic carboxylic acids is 2. The van der Waals surface area contributed by atoms with Crippen LogP contribution in [-0.4, -0.2) is 57.6 Å². The lowest BCUT2D eigenvalue weighted by Crippen LogP contribution is -2.69. The number of piperidine rings is 1. The Bertz CT molecular complexity index is 891. The summed E-state index contributed by atoms with van der Waals surface area (Å²) in [6.07, 6.45) is 14.4. The first-order chi connectivity index (χ1) is 16.4. The number of rotatable bonds is 4. The molecule has 2 aliphatic heterocycles. The average molecular weight is 469 g/mol. The van der Waals surface area contributed by atoms with E-state index in [1.165, 1.54) is 58.0 Å². The number of nitrogens with zero attached hydrogens (tertiary/aromatic N) is 2. The molecule has 3 atom stereocenters. The molecule has 2 N–H and O–H groups in total. The average Bonchev–Trinajstić information content (AvgIpc) is 2.79. The van der Waals surface area contributed by atoms with E-state index in [0.717, 1.165) is 42.8 Å². The molecule has 3 unspecified atom stereocenters. The fourth-order valence-corrected chi connectivity index (χ4v) is 6.52. The molecule has 0 bridgehead atoms. The zero-order chi connectivity index (χ0) is 24.1. The quantitative estimate of drug-likeness (QED) is 0.504. The maximum Gasteiger partial charge on any atom is 0.328 e. The van der Waals surface area contributed by atoms with Gasteiger partial charge < -0.3 is 15.1 Å². The minimum Gasteiger partial charge on any atom is -0.478 e. The van der Waals surface area contributed by atoms with E-state index in [2.05, 4.69) is 21.9 Å². The molecule has 4 fully saturated rings. The molecule has 1 amide bonds. The Morgan fingerprint density at radius 2 is 1.53 bits per heavy atom. The highest BCUT2D eigenvalue weighted by Gasteiger charge is 2.54. The van der Waals surface area contributed by atoms with Crippen molar-refractivity contribution >= 4 is 23.5 Å². The molecule has 1 aromatic carbocycles. The molecule has 34 heavy (non-hydrogen) atoms. The zero-order valence-electron chi connectivity index (χ0n) is 19.8. The number of β-lactam (4-membered cyclic amide) rings is 1. The van der Waals surface area contributed by atoms with Gasteiger partial charge in [-0.05, 0) is 49.7 Å². The Hall–Kier alpha value is -2.67. The number of carboxylic acids is 2. The van der Waals surface area contributed by atoms with Gasteiger partial charge in [0.1, 0.15) is 0 Å². The van der Waals surface area contributed by atoms with Gasteiger partial charge in [0.25, 0.3) is 0 Å². The van der Waals surface area contributed by atoms with Crippen LogP contribution in [0.1, 0.15) is 64.2 Å². The number of para-hydroxylation sites is 1. The smallest absolute Gasteiger partial charge is 0.328 e. The molecule has 0 radical (unpaired) electrons. The van der Waals surface area contributed by atoms with Crippen molar-refractivity contribution in [2.75, 3.05) is 18.0 Å². The van der Waals surface area contributed by atoms with Gasteiger partial charge in [-0.15, -0.1) is 0 Å². The van der Waals surface area contributed by atoms with E-state index in [0.29, 0.717) is 18.1 Å². The molecular formula is C27H36N2O5. The van der Waals surface area contributed by atoms with Crippen LogP contribution in [0.3, 0.4) is 0 Å². The van der Waals surface area contributed by atoms with Crippen molar-refractivity contribution in [2.24, 2.45) is 11.8 Å². The van der Waals surface area contributed by atoms with E-state index in [1.807, 2.05) is 18.2 Å². The second-order valence-electron chi connectivity index (χ2n) is 10.2. The first-order valence-corrected chi connectivity index (χ1v) is 12.7. The normalized spacial score (nSPS) is 28.5. The molecule has 184 valence electrons. The SMILES string of the molecule is O=C(O)/C=C/C(=O)O.O=C1CC2(CCN(C3CC4CCCCCCC43)CC2)N1c1ccccc1. The number of anilines is 1. The van der Waals surface area contributed by atoms with E-state index in [9.17, 15) is 14.4 Å². The van der Waals surface area contributed by atoms with Gasteiger partial charge in [-0.2, -0.15) is 0 Å². The predicted molar refractivity (Wildman–Crippen MR) is 130 cm³/mol. The van der Waals surface area contributed by atoms with Gasteiger partial charge in [0.05, 0.1) is 12.0 Å². The molecule has 2 heterocycles. The van der Waals surface area contributed by atoms with E-state index in [4.69, 9.17) is 10.2 Å². The van der Waals surface area contributed by atoms with Crippen LogP contribution in [0.25, 0.3) is 0 Å². The second-order valence-corrected chi connectivity index (χ2v) is 10.2. The summed E-state index contributed by atoms with van der Waals surface area (Å²) < 4.78 is 0. The number of hydrogen-bond donors (Lipinski definition) is 2. The highest BCUT2D eigenvalue weighted by molar-refractivity contribution is 6.02. The first-order valence-electron chi connectivity index (χ1n) is 12.7. The summed E-state index contributed by atoms with van der Waals surface area (Å²) in [5.74, 6) is -0.215. The van der Waals surface area contributed by atoms with Crippen molar-refractivity contribution in [3.05, 3.63) is 42.5 Å². The summed E-state index contributed by atoms with van der Waals surface area (Å²) in [6, 6.07) is 11.2. The standard InChI is InChI=1S/C23H32N2O.C4H4O4/c26-22-17-23(25(22)19-9-5-3-6-10-19)12-14-24(15-13-23)21-16-18-8-4-1-2-7-11-20(18)21;5-3(6)1-2-4(7)8/h3,5-6,9-10,18,20-21H,1-2,4,7-8,11-17H2;1-2H,(H,5,6)(H,7,8)/b;2-1+. The molecule has 0 aromatic heterocycles. The van der Waals surface area contributed by atoms with Crippen LogP contribution >= 0.6 is 0 Å². The fourth-order valence-electron chi connectivity index (χ4n) is 6.52. The maximum absolute atomic E-state index is 12.4. The molecule has 5 rings (SSSR count). The topological polar surface area (TPSA) is 98.1 Å². The van der Waals surface area contributed by atoms with Crippen molar-refractivity contribution < 1.29 is 24.6 Å². The van der Waals surface area contributed by atoms with Gasteiger partial charge in [-0.1, -0.05) is 50.3 Å². The Balaban J connectivity index is 0.000000297. The van der Waals surface area contributed by atoms with Crippen molar-refractivity contribution in [1.29, 1.82) is 0 Å². The second kappa shape index (κ2) is 10.7. The number of carbonyl (C=O) groups is 3. The van der Waals surface area contributed by atoms with Crippen LogP contribution in [0.15, 0.2) is 42.5 Å². The number of carboxylic acid groups (broad SMARTS) is 2. The van der Waals surface area contributed by atoms with Crippen molar-refractivity contribution in [1.82, 2.24) is 4.90 Å². The number of fused-ring (bicyclic) bond motifs is 1. The molecule has 2 saturated carbocycles.